The Balaban J connectivity index is 1.92. The highest BCUT2D eigenvalue weighted by atomic mass is 35.5. The summed E-state index contributed by atoms with van der Waals surface area (Å²) in [4.78, 5) is 0.827. The molecule has 124 valence electrons. The fourth-order valence-electron chi connectivity index (χ4n) is 1.94. The van der Waals surface area contributed by atoms with Gasteiger partial charge in [-0.1, -0.05) is 29.8 Å². The molecule has 0 radical (unpaired) electrons. The van der Waals surface area contributed by atoms with Crippen LogP contribution in [0, 0.1) is 0 Å². The summed E-state index contributed by atoms with van der Waals surface area (Å²) < 4.78 is 29.5. The van der Waals surface area contributed by atoms with Gasteiger partial charge in [0.2, 0.25) is 0 Å². The van der Waals surface area contributed by atoms with Gasteiger partial charge in [-0.2, -0.15) is 0 Å². The average molecular weight is 381 g/mol. The summed E-state index contributed by atoms with van der Waals surface area (Å²) >= 11 is 7.21. The highest BCUT2D eigenvalue weighted by Gasteiger charge is 2.17. The third-order valence-electron chi connectivity index (χ3n) is 3.11. The predicted octanol–water partition coefficient (Wildman–Crippen LogP) is 3.42. The molecule has 1 heterocycles. The molecule has 3 rings (SSSR count). The molecule has 0 amide bonds. The molecule has 1 aromatic heterocycles. The fourth-order valence-corrected chi connectivity index (χ4v) is 4.24. The third kappa shape index (κ3) is 3.72. The van der Waals surface area contributed by atoms with Gasteiger partial charge in [-0.25, -0.2) is 8.42 Å². The number of nitrogens with zero attached hydrogens (tertiary/aromatic N) is 3. The lowest BCUT2D eigenvalue weighted by Gasteiger charge is -2.12. The van der Waals surface area contributed by atoms with Gasteiger partial charge in [0.25, 0.3) is 10.0 Å². The Morgan fingerprint density at radius 1 is 1.17 bits per heavy atom. The largest absolute Gasteiger partial charge is 0.311 e. The molecule has 9 heteroatoms. The van der Waals surface area contributed by atoms with E-state index < -0.39 is 10.0 Å². The predicted molar refractivity (Wildman–Crippen MR) is 93.8 cm³/mol. The Bertz CT molecular complexity index is 973. The van der Waals surface area contributed by atoms with Crippen LogP contribution >= 0.6 is 23.4 Å². The molecule has 0 atom stereocenters. The molecule has 0 unspecified atom stereocenters. The van der Waals surface area contributed by atoms with Crippen molar-refractivity contribution < 1.29 is 8.42 Å². The number of anilines is 1. The summed E-state index contributed by atoms with van der Waals surface area (Å²) in [5, 5.41) is 8.84. The van der Waals surface area contributed by atoms with E-state index in [0.717, 1.165) is 4.90 Å². The summed E-state index contributed by atoms with van der Waals surface area (Å²) in [5.41, 5.74) is 0.463. The number of rotatable bonds is 5. The number of halogens is 1. The van der Waals surface area contributed by atoms with Crippen LogP contribution < -0.4 is 4.72 Å². The Hall–Kier alpha value is -2.03. The molecule has 0 fully saturated rings. The van der Waals surface area contributed by atoms with E-state index in [1.165, 1.54) is 23.9 Å². The quantitative estimate of drug-likeness (QED) is 0.733. The van der Waals surface area contributed by atoms with Crippen LogP contribution in [-0.2, 0) is 17.1 Å². The molecular weight excluding hydrogens is 368 g/mol. The molecule has 1 N–H and O–H groups in total. The van der Waals surface area contributed by atoms with E-state index >= 15 is 0 Å². The van der Waals surface area contributed by atoms with E-state index in [2.05, 4.69) is 14.9 Å². The SMILES string of the molecule is Cn1cnnc1Sc1ccccc1NS(=O)(=O)c1cccc(Cl)c1. The zero-order valence-electron chi connectivity index (χ0n) is 12.5. The first kappa shape index (κ1) is 16.8. The van der Waals surface area contributed by atoms with Gasteiger partial charge in [0.15, 0.2) is 5.16 Å². The van der Waals surface area contributed by atoms with Crippen LogP contribution in [0.3, 0.4) is 0 Å². The summed E-state index contributed by atoms with van der Waals surface area (Å²) in [6.45, 7) is 0. The van der Waals surface area contributed by atoms with Gasteiger partial charge in [-0.05, 0) is 42.1 Å². The third-order valence-corrected chi connectivity index (χ3v) is 5.84. The number of benzene rings is 2. The fraction of sp³-hybridized carbons (Fsp3) is 0.0667. The van der Waals surface area contributed by atoms with Crippen molar-refractivity contribution >= 4 is 39.1 Å². The Labute approximate surface area is 148 Å². The van der Waals surface area contributed by atoms with Crippen LogP contribution in [0.25, 0.3) is 0 Å². The van der Waals surface area contributed by atoms with Crippen molar-refractivity contribution in [1.82, 2.24) is 14.8 Å². The highest BCUT2D eigenvalue weighted by Crippen LogP contribution is 2.33. The number of aryl methyl sites for hydroxylation is 1. The van der Waals surface area contributed by atoms with Gasteiger partial charge in [0.05, 0.1) is 10.6 Å². The van der Waals surface area contributed by atoms with Crippen molar-refractivity contribution in [3.63, 3.8) is 0 Å². The van der Waals surface area contributed by atoms with E-state index in [0.29, 0.717) is 15.9 Å². The maximum atomic E-state index is 12.6. The molecule has 2 aromatic carbocycles. The lowest BCUT2D eigenvalue weighted by molar-refractivity contribution is 0.601. The van der Waals surface area contributed by atoms with Crippen molar-refractivity contribution in [2.45, 2.75) is 14.9 Å². The molecule has 24 heavy (non-hydrogen) atoms. The van der Waals surface area contributed by atoms with Crippen LogP contribution in [0.1, 0.15) is 0 Å². The van der Waals surface area contributed by atoms with Crippen molar-refractivity contribution in [2.24, 2.45) is 7.05 Å². The molecule has 0 bridgehead atoms. The smallest absolute Gasteiger partial charge is 0.261 e. The average Bonchev–Trinajstić information content (AvgIpc) is 2.94. The lowest BCUT2D eigenvalue weighted by Crippen LogP contribution is -2.13. The molecule has 0 saturated heterocycles. The summed E-state index contributed by atoms with van der Waals surface area (Å²) in [6, 6.07) is 13.2. The molecule has 0 aliphatic carbocycles. The zero-order valence-corrected chi connectivity index (χ0v) is 14.9. The van der Waals surface area contributed by atoms with Crippen molar-refractivity contribution in [1.29, 1.82) is 0 Å². The second-order valence-electron chi connectivity index (χ2n) is 4.89. The van der Waals surface area contributed by atoms with Crippen LogP contribution in [0.2, 0.25) is 5.02 Å². The second kappa shape index (κ2) is 6.84. The Morgan fingerprint density at radius 3 is 2.67 bits per heavy atom. The topological polar surface area (TPSA) is 76.9 Å². The second-order valence-corrected chi connectivity index (χ2v) is 8.01. The highest BCUT2D eigenvalue weighted by molar-refractivity contribution is 7.99. The number of hydrogen-bond donors (Lipinski definition) is 1. The van der Waals surface area contributed by atoms with Gasteiger partial charge in [-0.15, -0.1) is 10.2 Å². The molecule has 0 saturated carbocycles. The molecule has 0 aliphatic rings. The first-order chi connectivity index (χ1) is 11.5. The summed E-state index contributed by atoms with van der Waals surface area (Å²) in [5.74, 6) is 0. The van der Waals surface area contributed by atoms with Gasteiger partial charge in [-0.3, -0.25) is 4.72 Å². The van der Waals surface area contributed by atoms with Gasteiger partial charge < -0.3 is 4.57 Å². The zero-order chi connectivity index (χ0) is 17.2. The minimum atomic E-state index is -3.74. The molecule has 3 aromatic rings. The van der Waals surface area contributed by atoms with Crippen LogP contribution in [0.4, 0.5) is 5.69 Å². The Kier molecular flexibility index (Phi) is 4.79. The number of para-hydroxylation sites is 1. The van der Waals surface area contributed by atoms with E-state index in [-0.39, 0.29) is 4.90 Å². The minimum absolute atomic E-state index is 0.105. The van der Waals surface area contributed by atoms with Crippen molar-refractivity contribution in [2.75, 3.05) is 4.72 Å². The number of nitrogens with one attached hydrogen (secondary N) is 1. The number of hydrogen-bond acceptors (Lipinski definition) is 5. The van der Waals surface area contributed by atoms with Gasteiger partial charge >= 0.3 is 0 Å². The van der Waals surface area contributed by atoms with E-state index in [4.69, 9.17) is 11.6 Å². The molecular formula is C15H13ClN4O2S2. The van der Waals surface area contributed by atoms with Gasteiger partial charge in [0.1, 0.15) is 6.33 Å². The lowest BCUT2D eigenvalue weighted by atomic mass is 10.3. The number of sulfonamides is 1. The van der Waals surface area contributed by atoms with Crippen LogP contribution in [0.15, 0.2) is 69.8 Å². The van der Waals surface area contributed by atoms with E-state index in [1.807, 2.05) is 19.2 Å². The maximum Gasteiger partial charge on any atom is 0.261 e. The molecule has 0 spiro atoms. The monoisotopic (exact) mass is 380 g/mol. The van der Waals surface area contributed by atoms with E-state index in [9.17, 15) is 8.42 Å². The first-order valence-electron chi connectivity index (χ1n) is 6.85. The normalized spacial score (nSPS) is 11.4. The molecule has 0 aliphatic heterocycles. The van der Waals surface area contributed by atoms with Crippen molar-refractivity contribution in [3.05, 3.63) is 59.9 Å². The number of aromatic nitrogens is 3. The van der Waals surface area contributed by atoms with E-state index in [1.54, 1.807) is 35.2 Å². The van der Waals surface area contributed by atoms with Crippen LogP contribution in [-0.4, -0.2) is 23.2 Å². The Morgan fingerprint density at radius 2 is 1.96 bits per heavy atom. The van der Waals surface area contributed by atoms with Crippen molar-refractivity contribution in [3.8, 4) is 0 Å². The summed E-state index contributed by atoms with van der Waals surface area (Å²) in [7, 11) is -1.92. The maximum absolute atomic E-state index is 12.6. The summed E-state index contributed by atoms with van der Waals surface area (Å²) in [6.07, 6.45) is 1.58. The van der Waals surface area contributed by atoms with Crippen LogP contribution in [0.5, 0.6) is 0 Å². The standard InChI is InChI=1S/C15H13ClN4O2S2/c1-20-10-17-18-15(20)23-14-8-3-2-7-13(14)19-24(21,22)12-6-4-5-11(16)9-12/h2-10,19H,1H3. The minimum Gasteiger partial charge on any atom is -0.311 e. The molecule has 6 nitrogen and oxygen atoms in total. The first-order valence-corrected chi connectivity index (χ1v) is 9.53. The van der Waals surface area contributed by atoms with Gasteiger partial charge in [0, 0.05) is 17.0 Å².